The van der Waals surface area contributed by atoms with Crippen LogP contribution in [0.5, 0.6) is 0 Å². The van der Waals surface area contributed by atoms with Crippen molar-refractivity contribution in [3.8, 4) is 0 Å². The van der Waals surface area contributed by atoms with Gasteiger partial charge in [-0.2, -0.15) is 0 Å². The molecular weight excluding hydrogens is 429 g/mol. The number of ether oxygens (including phenoxy) is 1. The normalized spacial score (nSPS) is 26.7. The first-order valence-corrected chi connectivity index (χ1v) is 11.3. The van der Waals surface area contributed by atoms with Gasteiger partial charge in [0.1, 0.15) is 23.0 Å². The lowest BCUT2D eigenvalue weighted by Gasteiger charge is -2.59. The fraction of sp³-hybridized carbons (Fsp3) is 0.625. The summed E-state index contributed by atoms with van der Waals surface area (Å²) in [7, 11) is 0. The maximum Gasteiger partial charge on any atom is 0.411 e. The van der Waals surface area contributed by atoms with Crippen LogP contribution in [0.3, 0.4) is 0 Å². The lowest BCUT2D eigenvalue weighted by Crippen LogP contribution is -2.82. The van der Waals surface area contributed by atoms with Crippen LogP contribution < -0.4 is 5.32 Å². The van der Waals surface area contributed by atoms with Gasteiger partial charge in [0.25, 0.3) is 5.91 Å². The molecule has 9 heteroatoms. The number of rotatable bonds is 5. The van der Waals surface area contributed by atoms with Crippen LogP contribution in [-0.2, 0) is 20.9 Å². The predicted molar refractivity (Wildman–Crippen MR) is 120 cm³/mol. The zero-order chi connectivity index (χ0) is 24.7. The van der Waals surface area contributed by atoms with Crippen molar-refractivity contribution in [2.75, 3.05) is 0 Å². The molecule has 33 heavy (non-hydrogen) atoms. The fourth-order valence-corrected chi connectivity index (χ4v) is 4.93. The highest BCUT2D eigenvalue weighted by Crippen LogP contribution is 2.48. The van der Waals surface area contributed by atoms with E-state index in [0.29, 0.717) is 18.4 Å². The summed E-state index contributed by atoms with van der Waals surface area (Å²) in [6.45, 7) is 10.6. The van der Waals surface area contributed by atoms with E-state index in [4.69, 9.17) is 4.74 Å². The highest BCUT2D eigenvalue weighted by molar-refractivity contribution is 6.01. The van der Waals surface area contributed by atoms with Gasteiger partial charge in [0, 0.05) is 12.6 Å². The average Bonchev–Trinajstić information content (AvgIpc) is 3.09. The molecule has 0 radical (unpaired) electrons. The van der Waals surface area contributed by atoms with E-state index in [0.717, 1.165) is 0 Å². The molecule has 1 aromatic rings. The third kappa shape index (κ3) is 4.55. The van der Waals surface area contributed by atoms with Crippen LogP contribution in [0.25, 0.3) is 0 Å². The van der Waals surface area contributed by atoms with Crippen molar-refractivity contribution in [1.29, 1.82) is 0 Å². The molecular formula is C24H34FN3O5. The molecule has 182 valence electrons. The SMILES string of the molecule is CC1CC[C@]2(C(=O)N([C@H](C(=O)NCc3ccc(F)cc3)[C@@H](C)O)C2C)N1C(=O)OC(C)(C)C. The number of amides is 3. The monoisotopic (exact) mass is 463 g/mol. The average molecular weight is 464 g/mol. The molecule has 3 rings (SSSR count). The number of carbonyl (C=O) groups is 3. The topological polar surface area (TPSA) is 99.2 Å². The Morgan fingerprint density at radius 3 is 2.39 bits per heavy atom. The molecule has 1 spiro atoms. The summed E-state index contributed by atoms with van der Waals surface area (Å²) in [5, 5.41) is 13.1. The van der Waals surface area contributed by atoms with Crippen molar-refractivity contribution >= 4 is 17.9 Å². The van der Waals surface area contributed by atoms with Gasteiger partial charge >= 0.3 is 6.09 Å². The number of carbonyl (C=O) groups excluding carboxylic acids is 3. The first-order chi connectivity index (χ1) is 15.3. The zero-order valence-corrected chi connectivity index (χ0v) is 20.1. The van der Waals surface area contributed by atoms with Crippen LogP contribution in [0.4, 0.5) is 9.18 Å². The van der Waals surface area contributed by atoms with E-state index in [1.54, 1.807) is 39.8 Å². The Bertz CT molecular complexity index is 914. The van der Waals surface area contributed by atoms with Gasteiger partial charge in [-0.3, -0.25) is 14.5 Å². The number of nitrogens with zero attached hydrogens (tertiary/aromatic N) is 2. The highest BCUT2D eigenvalue weighted by atomic mass is 19.1. The van der Waals surface area contributed by atoms with E-state index in [-0.39, 0.29) is 24.3 Å². The Kier molecular flexibility index (Phi) is 6.75. The minimum atomic E-state index is -1.13. The molecule has 0 aliphatic carbocycles. The lowest BCUT2D eigenvalue weighted by atomic mass is 9.75. The standard InChI is InChI=1S/C24H34FN3O5/c1-14-11-12-24(28(14)22(32)33-23(4,5)6)16(3)27(21(24)31)19(15(2)29)20(30)26-13-17-7-9-18(25)10-8-17/h7-10,14-16,19,29H,11-13H2,1-6H3,(H,26,30)/t14?,15-,16?,19+,24+/m1/s1. The molecule has 2 saturated heterocycles. The van der Waals surface area contributed by atoms with Crippen LogP contribution in [0, 0.1) is 5.82 Å². The van der Waals surface area contributed by atoms with Crippen LogP contribution in [0.2, 0.25) is 0 Å². The second kappa shape index (κ2) is 8.93. The number of halogens is 1. The molecule has 0 bridgehead atoms. The van der Waals surface area contributed by atoms with E-state index in [1.165, 1.54) is 28.9 Å². The van der Waals surface area contributed by atoms with E-state index < -0.39 is 41.3 Å². The maximum atomic E-state index is 13.5. The summed E-state index contributed by atoms with van der Waals surface area (Å²) in [6, 6.07) is 3.91. The number of hydrogen-bond acceptors (Lipinski definition) is 5. The second-order valence-electron chi connectivity index (χ2n) is 10.1. The van der Waals surface area contributed by atoms with Gasteiger partial charge in [-0.15, -0.1) is 0 Å². The summed E-state index contributed by atoms with van der Waals surface area (Å²) in [5.74, 6) is -1.26. The van der Waals surface area contributed by atoms with Crippen LogP contribution in [0.1, 0.15) is 59.9 Å². The van der Waals surface area contributed by atoms with Gasteiger partial charge in [0.15, 0.2) is 0 Å². The first-order valence-electron chi connectivity index (χ1n) is 11.3. The molecule has 2 N–H and O–H groups in total. The van der Waals surface area contributed by atoms with E-state index in [9.17, 15) is 23.9 Å². The summed E-state index contributed by atoms with van der Waals surface area (Å²) < 4.78 is 18.7. The molecule has 8 nitrogen and oxygen atoms in total. The third-order valence-corrected chi connectivity index (χ3v) is 6.52. The molecule has 3 amide bonds. The molecule has 2 unspecified atom stereocenters. The van der Waals surface area contributed by atoms with Crippen molar-refractivity contribution in [1.82, 2.24) is 15.1 Å². The summed E-state index contributed by atoms with van der Waals surface area (Å²) in [4.78, 5) is 42.4. The Morgan fingerprint density at radius 1 is 1.27 bits per heavy atom. The van der Waals surface area contributed by atoms with Gasteiger partial charge in [-0.05, 0) is 72.1 Å². The first kappa shape index (κ1) is 25.0. The lowest BCUT2D eigenvalue weighted by molar-refractivity contribution is -0.184. The van der Waals surface area contributed by atoms with Gasteiger partial charge < -0.3 is 20.1 Å². The third-order valence-electron chi connectivity index (χ3n) is 6.52. The van der Waals surface area contributed by atoms with Crippen molar-refractivity contribution in [2.24, 2.45) is 0 Å². The number of likely N-dealkylation sites (tertiary alicyclic amines) is 2. The van der Waals surface area contributed by atoms with Crippen LogP contribution >= 0.6 is 0 Å². The molecule has 1 aromatic carbocycles. The summed E-state index contributed by atoms with van der Waals surface area (Å²) in [5.41, 5.74) is -1.11. The fourth-order valence-electron chi connectivity index (χ4n) is 4.93. The van der Waals surface area contributed by atoms with Gasteiger partial charge in [0.05, 0.1) is 12.1 Å². The van der Waals surface area contributed by atoms with E-state index >= 15 is 0 Å². The van der Waals surface area contributed by atoms with E-state index in [2.05, 4.69) is 5.32 Å². The molecule has 0 aromatic heterocycles. The molecule has 2 heterocycles. The van der Waals surface area contributed by atoms with Crippen LogP contribution in [0.15, 0.2) is 24.3 Å². The smallest absolute Gasteiger partial charge is 0.411 e. The zero-order valence-electron chi connectivity index (χ0n) is 20.1. The Hall–Kier alpha value is -2.68. The Balaban J connectivity index is 1.78. The number of nitrogens with one attached hydrogen (secondary N) is 1. The van der Waals surface area contributed by atoms with Crippen molar-refractivity contribution in [3.05, 3.63) is 35.6 Å². The highest BCUT2D eigenvalue weighted by Gasteiger charge is 2.69. The summed E-state index contributed by atoms with van der Waals surface area (Å²) >= 11 is 0. The summed E-state index contributed by atoms with van der Waals surface area (Å²) in [6.07, 6.45) is -0.579. The van der Waals surface area contributed by atoms with Gasteiger partial charge in [-0.25, -0.2) is 9.18 Å². The number of β-lactam (4-membered cyclic amide) rings is 1. The Labute approximate surface area is 194 Å². The number of benzene rings is 1. The Morgan fingerprint density at radius 2 is 1.88 bits per heavy atom. The molecule has 2 aliphatic heterocycles. The number of aliphatic hydroxyl groups excluding tert-OH is 1. The largest absolute Gasteiger partial charge is 0.444 e. The van der Waals surface area contributed by atoms with Crippen molar-refractivity contribution in [2.45, 2.75) is 96.3 Å². The molecule has 2 aliphatic rings. The second-order valence-corrected chi connectivity index (χ2v) is 10.1. The van der Waals surface area contributed by atoms with Crippen molar-refractivity contribution < 1.29 is 28.6 Å². The van der Waals surface area contributed by atoms with Gasteiger partial charge in [-0.1, -0.05) is 12.1 Å². The van der Waals surface area contributed by atoms with Gasteiger partial charge in [0.2, 0.25) is 5.91 Å². The van der Waals surface area contributed by atoms with E-state index in [1.807, 2.05) is 6.92 Å². The van der Waals surface area contributed by atoms with Crippen LogP contribution in [-0.4, -0.2) is 68.2 Å². The predicted octanol–water partition coefficient (Wildman–Crippen LogP) is 2.58. The number of hydrogen-bond donors (Lipinski definition) is 2. The quantitative estimate of drug-likeness (QED) is 0.654. The maximum absolute atomic E-state index is 13.5. The van der Waals surface area contributed by atoms with Crippen molar-refractivity contribution in [3.63, 3.8) is 0 Å². The minimum Gasteiger partial charge on any atom is -0.444 e. The minimum absolute atomic E-state index is 0.130. The molecule has 2 fully saturated rings. The number of aliphatic hydroxyl groups is 1. The molecule has 5 atom stereocenters. The molecule has 0 saturated carbocycles.